The number of carbonyl (C=O) groups excluding carboxylic acids is 2. The lowest BCUT2D eigenvalue weighted by atomic mass is 10.2. The monoisotopic (exact) mass is 347 g/mol. The predicted molar refractivity (Wildman–Crippen MR) is 95.0 cm³/mol. The molecule has 0 radical (unpaired) electrons. The van der Waals surface area contributed by atoms with Crippen molar-refractivity contribution in [2.45, 2.75) is 0 Å². The zero-order chi connectivity index (χ0) is 17.5. The largest absolute Gasteiger partial charge is 0.495 e. The van der Waals surface area contributed by atoms with Gasteiger partial charge in [0.1, 0.15) is 5.75 Å². The third kappa shape index (κ3) is 4.63. The first-order chi connectivity index (χ1) is 11.5. The van der Waals surface area contributed by atoms with Crippen LogP contribution in [0, 0.1) is 0 Å². The quantitative estimate of drug-likeness (QED) is 0.750. The van der Waals surface area contributed by atoms with Crippen molar-refractivity contribution in [3.8, 4) is 5.75 Å². The van der Waals surface area contributed by atoms with Gasteiger partial charge in [0, 0.05) is 23.3 Å². The molecule has 0 aromatic heterocycles. The van der Waals surface area contributed by atoms with Crippen LogP contribution in [0.4, 0.5) is 11.4 Å². The highest BCUT2D eigenvalue weighted by atomic mass is 35.5. The summed E-state index contributed by atoms with van der Waals surface area (Å²) < 4.78 is 5.21. The zero-order valence-corrected chi connectivity index (χ0v) is 14.1. The first-order valence-electron chi connectivity index (χ1n) is 7.23. The highest BCUT2D eigenvalue weighted by Gasteiger charge is 2.08. The summed E-state index contributed by atoms with van der Waals surface area (Å²) in [7, 11) is 3.11. The normalized spacial score (nSPS) is 9.96. The van der Waals surface area contributed by atoms with Gasteiger partial charge in [-0.15, -0.1) is 0 Å². The standard InChI is InChI=1S/C17H18ClN3O3/c1-19-17(23)11-3-6-13(7-4-11)21-16(22)10-20-14-9-12(18)5-8-15(14)24-2/h3-9,20H,10H2,1-2H3,(H,19,23)(H,21,22). The van der Waals surface area contributed by atoms with Crippen LogP contribution in [-0.4, -0.2) is 32.5 Å². The van der Waals surface area contributed by atoms with Crippen LogP contribution in [0.15, 0.2) is 42.5 Å². The van der Waals surface area contributed by atoms with Crippen molar-refractivity contribution in [1.29, 1.82) is 0 Å². The van der Waals surface area contributed by atoms with E-state index in [9.17, 15) is 9.59 Å². The second kappa shape index (κ2) is 8.21. The van der Waals surface area contributed by atoms with Gasteiger partial charge in [-0.25, -0.2) is 0 Å². The minimum absolute atomic E-state index is 0.0495. The molecule has 0 fully saturated rings. The van der Waals surface area contributed by atoms with E-state index in [4.69, 9.17) is 16.3 Å². The Bertz CT molecular complexity index is 732. The van der Waals surface area contributed by atoms with E-state index >= 15 is 0 Å². The molecule has 2 rings (SSSR count). The Morgan fingerprint density at radius 1 is 1.12 bits per heavy atom. The number of benzene rings is 2. The van der Waals surface area contributed by atoms with Gasteiger partial charge >= 0.3 is 0 Å². The molecule has 0 bridgehead atoms. The Kier molecular flexibility index (Phi) is 6.03. The maximum absolute atomic E-state index is 12.0. The lowest BCUT2D eigenvalue weighted by molar-refractivity contribution is -0.114. The van der Waals surface area contributed by atoms with Gasteiger partial charge in [0.05, 0.1) is 19.3 Å². The molecule has 0 heterocycles. The summed E-state index contributed by atoms with van der Waals surface area (Å²) in [5.74, 6) is 0.189. The van der Waals surface area contributed by atoms with Gasteiger partial charge in [-0.3, -0.25) is 9.59 Å². The first-order valence-corrected chi connectivity index (χ1v) is 7.60. The summed E-state index contributed by atoms with van der Waals surface area (Å²) in [6, 6.07) is 11.7. The third-order valence-corrected chi connectivity index (χ3v) is 3.49. The van der Waals surface area contributed by atoms with Gasteiger partial charge < -0.3 is 20.7 Å². The van der Waals surface area contributed by atoms with E-state index in [1.54, 1.807) is 56.6 Å². The number of hydrogen-bond donors (Lipinski definition) is 3. The summed E-state index contributed by atoms with van der Waals surface area (Å²) in [4.78, 5) is 23.5. The van der Waals surface area contributed by atoms with Crippen LogP contribution in [0.3, 0.4) is 0 Å². The highest BCUT2D eigenvalue weighted by Crippen LogP contribution is 2.27. The van der Waals surface area contributed by atoms with Crippen molar-refractivity contribution in [3.05, 3.63) is 53.1 Å². The molecule has 2 aromatic carbocycles. The minimum Gasteiger partial charge on any atom is -0.495 e. The van der Waals surface area contributed by atoms with Gasteiger partial charge in [0.15, 0.2) is 0 Å². The van der Waals surface area contributed by atoms with E-state index in [2.05, 4.69) is 16.0 Å². The average molecular weight is 348 g/mol. The second-order valence-corrected chi connectivity index (χ2v) is 5.34. The van der Waals surface area contributed by atoms with Gasteiger partial charge in [-0.1, -0.05) is 11.6 Å². The smallest absolute Gasteiger partial charge is 0.251 e. The van der Waals surface area contributed by atoms with E-state index in [-0.39, 0.29) is 18.4 Å². The molecule has 0 aliphatic rings. The molecule has 24 heavy (non-hydrogen) atoms. The molecule has 0 atom stereocenters. The predicted octanol–water partition coefficient (Wildman–Crippen LogP) is 2.76. The van der Waals surface area contributed by atoms with E-state index in [1.165, 1.54) is 0 Å². The van der Waals surface area contributed by atoms with Crippen molar-refractivity contribution in [3.63, 3.8) is 0 Å². The summed E-state index contributed by atoms with van der Waals surface area (Å²) in [6.07, 6.45) is 0. The number of hydrogen-bond acceptors (Lipinski definition) is 4. The van der Waals surface area contributed by atoms with E-state index in [0.717, 1.165) is 0 Å². The van der Waals surface area contributed by atoms with Crippen LogP contribution in [0.5, 0.6) is 5.75 Å². The lowest BCUT2D eigenvalue weighted by Gasteiger charge is -2.12. The molecule has 0 unspecified atom stereocenters. The van der Waals surface area contributed by atoms with Crippen molar-refractivity contribution in [2.24, 2.45) is 0 Å². The van der Waals surface area contributed by atoms with Crippen molar-refractivity contribution in [1.82, 2.24) is 5.32 Å². The Labute approximate surface area is 145 Å². The molecule has 3 N–H and O–H groups in total. The van der Waals surface area contributed by atoms with Crippen LogP contribution in [0.25, 0.3) is 0 Å². The molecule has 0 aliphatic carbocycles. The van der Waals surface area contributed by atoms with Crippen LogP contribution in [0.1, 0.15) is 10.4 Å². The van der Waals surface area contributed by atoms with Crippen molar-refractivity contribution in [2.75, 3.05) is 31.3 Å². The van der Waals surface area contributed by atoms with E-state index in [0.29, 0.717) is 27.7 Å². The molecule has 7 heteroatoms. The summed E-state index contributed by atoms with van der Waals surface area (Å²) in [5.41, 5.74) is 1.76. The molecular weight excluding hydrogens is 330 g/mol. The van der Waals surface area contributed by atoms with Crippen molar-refractivity contribution < 1.29 is 14.3 Å². The van der Waals surface area contributed by atoms with Crippen LogP contribution in [-0.2, 0) is 4.79 Å². The molecule has 0 spiro atoms. The SMILES string of the molecule is CNC(=O)c1ccc(NC(=O)CNc2cc(Cl)ccc2OC)cc1. The molecular formula is C17H18ClN3O3. The van der Waals surface area contributed by atoms with Crippen LogP contribution in [0.2, 0.25) is 5.02 Å². The van der Waals surface area contributed by atoms with Gasteiger partial charge in [0.25, 0.3) is 5.91 Å². The summed E-state index contributed by atoms with van der Waals surface area (Å²) in [5, 5.41) is 8.80. The van der Waals surface area contributed by atoms with E-state index < -0.39 is 0 Å². The molecule has 0 saturated heterocycles. The topological polar surface area (TPSA) is 79.5 Å². The zero-order valence-electron chi connectivity index (χ0n) is 13.4. The van der Waals surface area contributed by atoms with Crippen LogP contribution < -0.4 is 20.7 Å². The third-order valence-electron chi connectivity index (χ3n) is 3.26. The molecule has 0 saturated carbocycles. The Morgan fingerprint density at radius 3 is 2.46 bits per heavy atom. The fourth-order valence-corrected chi connectivity index (χ4v) is 2.22. The first kappa shape index (κ1) is 17.6. The Hall–Kier alpha value is -2.73. The van der Waals surface area contributed by atoms with Crippen molar-refractivity contribution >= 4 is 34.8 Å². The summed E-state index contributed by atoms with van der Waals surface area (Å²) in [6.45, 7) is 0.0495. The minimum atomic E-state index is -0.232. The highest BCUT2D eigenvalue weighted by molar-refractivity contribution is 6.30. The number of amides is 2. The average Bonchev–Trinajstić information content (AvgIpc) is 2.60. The number of anilines is 2. The fraction of sp³-hybridized carbons (Fsp3) is 0.176. The maximum atomic E-state index is 12.0. The second-order valence-electron chi connectivity index (χ2n) is 4.90. The molecule has 2 aromatic rings. The number of ether oxygens (including phenoxy) is 1. The lowest BCUT2D eigenvalue weighted by Crippen LogP contribution is -2.22. The molecule has 2 amide bonds. The van der Waals surface area contributed by atoms with E-state index in [1.807, 2.05) is 0 Å². The molecule has 6 nitrogen and oxygen atoms in total. The molecule has 0 aliphatic heterocycles. The summed E-state index contributed by atoms with van der Waals surface area (Å²) >= 11 is 5.94. The molecule has 126 valence electrons. The maximum Gasteiger partial charge on any atom is 0.251 e. The number of methoxy groups -OCH3 is 1. The van der Waals surface area contributed by atoms with Crippen LogP contribution >= 0.6 is 11.6 Å². The number of rotatable bonds is 6. The fourth-order valence-electron chi connectivity index (χ4n) is 2.05. The van der Waals surface area contributed by atoms with Gasteiger partial charge in [0.2, 0.25) is 5.91 Å². The van der Waals surface area contributed by atoms with Gasteiger partial charge in [-0.05, 0) is 42.5 Å². The Morgan fingerprint density at radius 2 is 1.83 bits per heavy atom. The number of halogens is 1. The Balaban J connectivity index is 1.94. The van der Waals surface area contributed by atoms with Gasteiger partial charge in [-0.2, -0.15) is 0 Å². The number of nitrogens with one attached hydrogen (secondary N) is 3. The number of carbonyl (C=O) groups is 2.